The molecule has 24 bridgehead atoms. The molecule has 20 aliphatic rings. The zero-order valence-corrected chi connectivity index (χ0v) is 66.3. The number of ketones is 2. The quantitative estimate of drug-likeness (QED) is 0.148. The number of fused-ring (bicyclic) bond motifs is 12. The Morgan fingerprint density at radius 2 is 0.835 bits per heavy atom. The minimum atomic E-state index is -0.872. The summed E-state index contributed by atoms with van der Waals surface area (Å²) in [4.78, 5) is 39.5. The summed E-state index contributed by atoms with van der Waals surface area (Å²) in [6.45, 7) is 26.2. The Labute approximate surface area is 643 Å². The predicted molar refractivity (Wildman–Crippen MR) is 386 cm³/mol. The van der Waals surface area contributed by atoms with Crippen molar-refractivity contribution in [3.8, 4) is 0 Å². The number of Topliss-reactive ketones (excluding diaryl/α,β-unsaturated/α-hetero) is 2. The van der Waals surface area contributed by atoms with Crippen LogP contribution in [0.15, 0.2) is 48.6 Å². The van der Waals surface area contributed by atoms with Gasteiger partial charge in [0.25, 0.3) is 0 Å². The standard InChI is InChI=1S/C40H58O11.C39H54O10.I2.V/c1-19-11-25-5-7-29-20(2)12-27(44-29)9-10-40-17-34-36(50-40)37-38(49-34)39(51-40)35-30(48-37)8-6-26(46-35)13-23(42)14-28-22(4)31(15-24(43)18-41)47-33(28)16-32(45-25)21(19)3;1-19-13-24-5-7-28-20(2)14-26(42-28)9-11-39-18-33-35(48-39)36-37(47-33)38(49-39)34-30(46-36)8-6-25(44-34)15-23(41)16-27-22(4)29(10-12-40)45-32(27)17-31(43-24)21(19)3;1-2;/h19,22,24-39,41,43H,2-3,5-18H2,1,4H3;12,19,22,24-38H,2-3,5-11,13-18H2,1,4H3;;/t19-,22-,24?,25?,26-,27?,28-,29+,30+,31-,32-,33?,34-,35+,36+,37+,38-,39?,40+;19-,22-,24?,25-,26?,27-,28+,29-,30+,31-,32?,33-,34+,35+,36+,37-,38?,39+;;/m11../s1. The summed E-state index contributed by atoms with van der Waals surface area (Å²) in [5.41, 5.74) is 4.46. The maximum Gasteiger partial charge on any atom is 0.172 e. The molecule has 1 radical (unpaired) electrons. The van der Waals surface area contributed by atoms with E-state index < -0.39 is 17.7 Å². The van der Waals surface area contributed by atoms with Gasteiger partial charge in [-0.1, -0.05) is 54.0 Å². The maximum atomic E-state index is 14.0. The van der Waals surface area contributed by atoms with Gasteiger partial charge >= 0.3 is 0 Å². The first-order chi connectivity index (χ1) is 49.2. The van der Waals surface area contributed by atoms with Gasteiger partial charge in [-0.15, -0.1) is 0 Å². The van der Waals surface area contributed by atoms with Gasteiger partial charge < -0.3 is 90.8 Å². The number of aliphatic hydroxyl groups is 2. The van der Waals surface area contributed by atoms with Gasteiger partial charge in [0.2, 0.25) is 0 Å². The second-order valence-electron chi connectivity index (χ2n) is 34.4. The molecule has 20 fully saturated rings. The summed E-state index contributed by atoms with van der Waals surface area (Å²) < 4.78 is 108. The first kappa shape index (κ1) is 77.6. The molecule has 0 aromatic heterocycles. The third kappa shape index (κ3) is 15.4. The number of hydrogen-bond acceptors (Lipinski definition) is 21. The van der Waals surface area contributed by atoms with Crippen molar-refractivity contribution < 1.29 is 119 Å². The van der Waals surface area contributed by atoms with E-state index >= 15 is 0 Å². The van der Waals surface area contributed by atoms with Crippen molar-refractivity contribution in [2.45, 2.75) is 383 Å². The van der Waals surface area contributed by atoms with E-state index in [4.69, 9.17) is 75.8 Å². The van der Waals surface area contributed by atoms with E-state index in [1.807, 2.05) is 0 Å². The fraction of sp³-hybridized carbons (Fsp3) is 0.861. The summed E-state index contributed by atoms with van der Waals surface area (Å²) in [5.74, 6) is -0.579. The van der Waals surface area contributed by atoms with E-state index in [-0.39, 0.29) is 231 Å². The Balaban J connectivity index is 0.000000161. The maximum absolute atomic E-state index is 14.0. The van der Waals surface area contributed by atoms with Crippen LogP contribution >= 0.6 is 37.2 Å². The van der Waals surface area contributed by atoms with Crippen LogP contribution in [0.2, 0.25) is 0 Å². The van der Waals surface area contributed by atoms with Gasteiger partial charge in [-0.25, -0.2) is 0 Å². The molecule has 2 spiro atoms. The van der Waals surface area contributed by atoms with Crippen LogP contribution in [0.3, 0.4) is 0 Å². The second kappa shape index (κ2) is 32.1. The summed E-state index contributed by atoms with van der Waals surface area (Å²) in [5, 5.41) is 20.0. The van der Waals surface area contributed by atoms with Crippen LogP contribution in [-0.4, -0.2) is 223 Å². The van der Waals surface area contributed by atoms with Crippen LogP contribution in [0.5, 0.6) is 0 Å². The predicted octanol–water partition coefficient (Wildman–Crippen LogP) is 10.8. The van der Waals surface area contributed by atoms with E-state index in [9.17, 15) is 24.6 Å². The van der Waals surface area contributed by atoms with E-state index in [1.165, 1.54) is 0 Å². The summed E-state index contributed by atoms with van der Waals surface area (Å²) in [7, 11) is 0. The van der Waals surface area contributed by atoms with Gasteiger partial charge in [0.1, 0.15) is 78.9 Å². The number of carbonyl (C=O) groups is 3. The van der Waals surface area contributed by atoms with E-state index in [0.717, 1.165) is 118 Å². The third-order valence-electron chi connectivity index (χ3n) is 27.8. The minimum absolute atomic E-state index is 0. The molecule has 0 aromatic rings. The van der Waals surface area contributed by atoms with Crippen molar-refractivity contribution in [3.05, 3.63) is 48.6 Å². The third-order valence-corrected chi connectivity index (χ3v) is 27.8. The number of rotatable bonds is 5. The molecule has 21 nitrogen and oxygen atoms in total. The topological polar surface area (TPSA) is 239 Å². The normalized spacial score (nSPS) is 52.1. The van der Waals surface area contributed by atoms with Crippen LogP contribution in [0.4, 0.5) is 0 Å². The van der Waals surface area contributed by atoms with Crippen LogP contribution < -0.4 is 0 Å². The summed E-state index contributed by atoms with van der Waals surface area (Å²) in [6.07, 6.45) is 13.6. The number of halogens is 2. The molecular weight excluding hydrogens is 1590 g/mol. The van der Waals surface area contributed by atoms with Gasteiger partial charge in [0.15, 0.2) is 11.6 Å². The smallest absolute Gasteiger partial charge is 0.172 e. The molecule has 0 amide bonds. The molecule has 9 unspecified atom stereocenters. The largest absolute Gasteiger partial charge is 0.394 e. The number of ether oxygens (including phenoxy) is 16. The Hall–Kier alpha value is -0.706. The SMILES string of the molecule is C=C1CC2CC[C@@]34C[C@H]5O[C@H]6C(O3)[C@H]3O[C@H](CC[C@@H]3O[C@H]6[C@H]5O4)CC(=O)C[C@H]3C(C[C@H]4OC(CC[C@@H]1O2)C[C@@H](C)C4=C)O[C@H](CC(O)CO)[C@@H]3C.C=C1CC2CC[C@@]34C[C@H]5O[C@H]6C(O3)[C@H]3O[C@H](CC[C@@H]3O[C@H]6[C@H]5O4)CC(=O)C[C@H]3C(C[C@H]4OC(CC[C@@H]1O2)C[C@@H](C)C4=C)O[C@H](CC=O)[C@@H]3C.II.[V]. The summed E-state index contributed by atoms with van der Waals surface area (Å²) in [6, 6.07) is 0. The molecule has 20 aliphatic heterocycles. The summed E-state index contributed by atoms with van der Waals surface area (Å²) >= 11 is 4.24. The molecular formula is C79H112I2O21V. The van der Waals surface area contributed by atoms with Crippen molar-refractivity contribution in [3.63, 3.8) is 0 Å². The number of aldehydes is 1. The molecule has 24 heteroatoms. The van der Waals surface area contributed by atoms with Gasteiger partial charge in [0.05, 0.1) is 123 Å². The van der Waals surface area contributed by atoms with Crippen LogP contribution in [0.25, 0.3) is 0 Å². The van der Waals surface area contributed by atoms with Crippen LogP contribution in [0.1, 0.15) is 195 Å². The average molecular weight is 1700 g/mol. The fourth-order valence-electron chi connectivity index (χ4n) is 22.3. The molecule has 0 saturated carbocycles. The zero-order chi connectivity index (χ0) is 70.8. The van der Waals surface area contributed by atoms with Crippen LogP contribution in [0, 0.1) is 35.5 Å². The molecule has 20 saturated heterocycles. The fourth-order valence-corrected chi connectivity index (χ4v) is 22.3. The molecule has 103 heavy (non-hydrogen) atoms. The van der Waals surface area contributed by atoms with Gasteiger partial charge in [-0.05, 0) is 148 Å². The van der Waals surface area contributed by atoms with Crippen molar-refractivity contribution in [2.75, 3.05) is 6.61 Å². The monoisotopic (exact) mass is 1700 g/mol. The van der Waals surface area contributed by atoms with E-state index in [1.54, 1.807) is 0 Å². The molecule has 20 rings (SSSR count). The Bertz CT molecular complexity index is 3110. The number of carbonyl (C=O) groups excluding carboxylic acids is 3. The Morgan fingerprint density at radius 3 is 1.29 bits per heavy atom. The molecule has 37 atom stereocenters. The molecule has 0 aliphatic carbocycles. The van der Waals surface area contributed by atoms with Crippen molar-refractivity contribution >= 4 is 55.1 Å². The number of hydrogen-bond donors (Lipinski definition) is 2. The van der Waals surface area contributed by atoms with Crippen molar-refractivity contribution in [1.29, 1.82) is 0 Å². The van der Waals surface area contributed by atoms with Gasteiger partial charge in [0, 0.05) is 133 Å². The van der Waals surface area contributed by atoms with Crippen LogP contribution in [-0.2, 0) is 109 Å². The van der Waals surface area contributed by atoms with Crippen molar-refractivity contribution in [2.24, 2.45) is 35.5 Å². The molecule has 2 N–H and O–H groups in total. The Kier molecular flexibility index (Phi) is 24.2. The first-order valence-electron chi connectivity index (χ1n) is 39.4. The van der Waals surface area contributed by atoms with Crippen molar-refractivity contribution in [1.82, 2.24) is 0 Å². The van der Waals surface area contributed by atoms with E-state index in [0.29, 0.717) is 88.9 Å². The first-order valence-corrected chi connectivity index (χ1v) is 45.7. The number of aliphatic hydroxyl groups excluding tert-OH is 2. The minimum Gasteiger partial charge on any atom is -0.394 e. The zero-order valence-electron chi connectivity index (χ0n) is 60.6. The average Bonchev–Trinajstić information content (AvgIpc) is 1.55. The second-order valence-corrected chi connectivity index (χ2v) is 34.4. The molecule has 0 aromatic carbocycles. The Morgan fingerprint density at radius 1 is 0.437 bits per heavy atom. The van der Waals surface area contributed by atoms with Gasteiger partial charge in [-0.3, -0.25) is 9.59 Å². The van der Waals surface area contributed by atoms with Gasteiger partial charge in [-0.2, -0.15) is 0 Å². The van der Waals surface area contributed by atoms with E-state index in [2.05, 4.69) is 91.2 Å². The molecule has 573 valence electrons. The molecule has 20 heterocycles.